The summed E-state index contributed by atoms with van der Waals surface area (Å²) in [6, 6.07) is 41.7. The van der Waals surface area contributed by atoms with Crippen molar-refractivity contribution in [1.82, 2.24) is 0 Å². The number of allylic oxidation sites excluding steroid dienone is 5. The van der Waals surface area contributed by atoms with E-state index in [9.17, 15) is 5.26 Å². The standard InChI is InChI=1S/C60H52N4O2/c1-35(2)49-31-53(63(39-23-19-37(33-61)20-24-39)51-15-9-13-45-41-11-5-7-17-55(41)65-59(45)51)47-30-28-44-50(36(3)4)32-54(48-29-27-43(49)57(47)58(44)48)64(40-25-21-38(34-62)22-26-40)52-16-10-14-46-42-12-6-8-18-56(42)66-60(46)52/h5-15,17-21,23-32,34-36,38,45-46,52,59-60,62H,16,22H2,1-4H3. The predicted octanol–water partition coefficient (Wildman–Crippen LogP) is 14.6. The van der Waals surface area contributed by atoms with Crippen LogP contribution in [0.25, 0.3) is 32.3 Å². The highest BCUT2D eigenvalue weighted by Gasteiger charge is 2.44. The lowest BCUT2D eigenvalue weighted by Gasteiger charge is -2.42. The largest absolute Gasteiger partial charge is 0.487 e. The minimum atomic E-state index is -0.238. The maximum Gasteiger partial charge on any atom is 0.149 e. The molecule has 0 bridgehead atoms. The van der Waals surface area contributed by atoms with E-state index >= 15 is 0 Å². The van der Waals surface area contributed by atoms with Gasteiger partial charge in [0.05, 0.1) is 29.1 Å². The molecule has 66 heavy (non-hydrogen) atoms. The molecule has 7 aromatic rings. The quantitative estimate of drug-likeness (QED) is 0.0889. The first-order chi connectivity index (χ1) is 32.3. The second kappa shape index (κ2) is 15.7. The van der Waals surface area contributed by atoms with Crippen molar-refractivity contribution in [3.8, 4) is 17.6 Å². The van der Waals surface area contributed by atoms with Crippen LogP contribution in [0, 0.1) is 22.7 Å². The number of nitriles is 1. The second-order valence-corrected chi connectivity index (χ2v) is 19.2. The highest BCUT2D eigenvalue weighted by molar-refractivity contribution is 6.29. The number of fused-ring (bicyclic) bond motifs is 6. The van der Waals surface area contributed by atoms with Crippen molar-refractivity contribution in [2.75, 3.05) is 9.80 Å². The molecular formula is C60H52N4O2. The van der Waals surface area contributed by atoms with E-state index in [2.05, 4.69) is 189 Å². The fourth-order valence-electron chi connectivity index (χ4n) is 11.7. The Morgan fingerprint density at radius 2 is 1.33 bits per heavy atom. The molecule has 2 heterocycles. The van der Waals surface area contributed by atoms with E-state index in [-0.39, 0.29) is 47.8 Å². The van der Waals surface area contributed by atoms with E-state index in [0.717, 1.165) is 47.1 Å². The molecule has 0 saturated carbocycles. The van der Waals surface area contributed by atoms with Gasteiger partial charge in [0.25, 0.3) is 0 Å². The summed E-state index contributed by atoms with van der Waals surface area (Å²) in [6.07, 6.45) is 21.0. The molecule has 6 nitrogen and oxygen atoms in total. The Hall–Kier alpha value is -7.36. The molecule has 0 aromatic heterocycles. The fraction of sp³-hybridized carbons (Fsp3) is 0.233. The predicted molar refractivity (Wildman–Crippen MR) is 270 cm³/mol. The number of anilines is 3. The Balaban J connectivity index is 1.12. The van der Waals surface area contributed by atoms with Crippen LogP contribution in [0.3, 0.4) is 0 Å². The van der Waals surface area contributed by atoms with Crippen LogP contribution >= 0.6 is 0 Å². The zero-order valence-electron chi connectivity index (χ0n) is 37.8. The minimum Gasteiger partial charge on any atom is -0.487 e. The van der Waals surface area contributed by atoms with E-state index in [1.165, 1.54) is 60.3 Å². The van der Waals surface area contributed by atoms with Gasteiger partial charge in [-0.25, -0.2) is 0 Å². The molecule has 0 fully saturated rings. The molecule has 7 aromatic carbocycles. The van der Waals surface area contributed by atoms with Crippen LogP contribution in [0.1, 0.15) is 92.0 Å². The summed E-state index contributed by atoms with van der Waals surface area (Å²) in [5, 5.41) is 25.5. The van der Waals surface area contributed by atoms with Crippen molar-refractivity contribution in [3.05, 3.63) is 197 Å². The molecular weight excluding hydrogens is 809 g/mol. The summed E-state index contributed by atoms with van der Waals surface area (Å²) in [6.45, 7) is 9.25. The van der Waals surface area contributed by atoms with Crippen molar-refractivity contribution in [3.63, 3.8) is 0 Å². The lowest BCUT2D eigenvalue weighted by atomic mass is 9.82. The molecule has 0 radical (unpaired) electrons. The number of ether oxygens (including phenoxy) is 2. The molecule has 12 rings (SSSR count). The number of rotatable bonds is 9. The minimum absolute atomic E-state index is 0.0155. The maximum atomic E-state index is 9.92. The van der Waals surface area contributed by atoms with Crippen molar-refractivity contribution < 1.29 is 9.47 Å². The highest BCUT2D eigenvalue weighted by atomic mass is 16.5. The van der Waals surface area contributed by atoms with Gasteiger partial charge in [-0.1, -0.05) is 125 Å². The lowest BCUT2D eigenvalue weighted by Crippen LogP contribution is -2.48. The van der Waals surface area contributed by atoms with E-state index in [4.69, 9.17) is 14.9 Å². The van der Waals surface area contributed by atoms with Crippen molar-refractivity contribution in [1.29, 1.82) is 10.7 Å². The summed E-state index contributed by atoms with van der Waals surface area (Å²) < 4.78 is 13.9. The van der Waals surface area contributed by atoms with E-state index in [0.29, 0.717) is 5.56 Å². The van der Waals surface area contributed by atoms with Crippen LogP contribution in [-0.2, 0) is 0 Å². The van der Waals surface area contributed by atoms with Gasteiger partial charge in [-0.05, 0) is 118 Å². The third-order valence-corrected chi connectivity index (χ3v) is 14.8. The van der Waals surface area contributed by atoms with Crippen LogP contribution in [0.15, 0.2) is 169 Å². The fourth-order valence-corrected chi connectivity index (χ4v) is 11.7. The lowest BCUT2D eigenvalue weighted by molar-refractivity contribution is 0.179. The first-order valence-electron chi connectivity index (χ1n) is 23.6. The Bertz CT molecular complexity index is 3310. The number of hydrogen-bond acceptors (Lipinski definition) is 6. The number of hydrogen-bond donors (Lipinski definition) is 1. The molecule has 0 spiro atoms. The van der Waals surface area contributed by atoms with Gasteiger partial charge in [-0.3, -0.25) is 0 Å². The average molecular weight is 861 g/mol. The van der Waals surface area contributed by atoms with Gasteiger partial charge in [-0.2, -0.15) is 5.26 Å². The van der Waals surface area contributed by atoms with Gasteiger partial charge in [0, 0.05) is 62.9 Å². The van der Waals surface area contributed by atoms with E-state index in [1.807, 2.05) is 12.1 Å². The Labute approximate surface area is 386 Å². The summed E-state index contributed by atoms with van der Waals surface area (Å²) in [5.74, 6) is 2.66. The normalized spacial score (nSPS) is 22.4. The number of nitrogens with zero attached hydrogens (tertiary/aromatic N) is 3. The van der Waals surface area contributed by atoms with Crippen LogP contribution in [0.2, 0.25) is 0 Å². The summed E-state index contributed by atoms with van der Waals surface area (Å²) in [4.78, 5) is 5.01. The van der Waals surface area contributed by atoms with Gasteiger partial charge >= 0.3 is 0 Å². The first kappa shape index (κ1) is 40.2. The SMILES string of the molecule is CC(C)c1cc(N(C2=CC=CC3c4ccccc4OC23)c2ccc(C#N)cc2)c2ccc3c(C(C)C)cc(N(C4=CCC(C=N)C=C4)C4CC=CC5c6ccccc6OC54)c4ccc1c2c34. The van der Waals surface area contributed by atoms with E-state index in [1.54, 1.807) is 6.21 Å². The van der Waals surface area contributed by atoms with Gasteiger partial charge in [0.15, 0.2) is 0 Å². The zero-order chi connectivity index (χ0) is 44.8. The van der Waals surface area contributed by atoms with Crippen LogP contribution < -0.4 is 19.3 Å². The van der Waals surface area contributed by atoms with Crippen LogP contribution in [-0.4, -0.2) is 24.5 Å². The van der Waals surface area contributed by atoms with Crippen molar-refractivity contribution in [2.45, 2.75) is 82.5 Å². The molecule has 2 aliphatic heterocycles. The first-order valence-corrected chi connectivity index (χ1v) is 23.6. The topological polar surface area (TPSA) is 72.6 Å². The van der Waals surface area contributed by atoms with Gasteiger partial charge in [-0.15, -0.1) is 0 Å². The van der Waals surface area contributed by atoms with Crippen molar-refractivity contribution >= 4 is 55.6 Å². The smallest absolute Gasteiger partial charge is 0.149 e. The number of para-hydroxylation sites is 2. The molecule has 5 aliphatic rings. The molecule has 6 unspecified atom stereocenters. The van der Waals surface area contributed by atoms with E-state index < -0.39 is 0 Å². The highest BCUT2D eigenvalue weighted by Crippen LogP contribution is 2.53. The Morgan fingerprint density at radius 3 is 1.98 bits per heavy atom. The third kappa shape index (κ3) is 6.17. The average Bonchev–Trinajstić information content (AvgIpc) is 3.94. The zero-order valence-corrected chi connectivity index (χ0v) is 37.8. The van der Waals surface area contributed by atoms with Crippen LogP contribution in [0.5, 0.6) is 11.5 Å². The maximum absolute atomic E-state index is 9.92. The van der Waals surface area contributed by atoms with Gasteiger partial charge in [0.2, 0.25) is 0 Å². The second-order valence-electron chi connectivity index (χ2n) is 19.2. The monoisotopic (exact) mass is 860 g/mol. The number of benzene rings is 7. The molecule has 0 amide bonds. The molecule has 3 aliphatic carbocycles. The molecule has 324 valence electrons. The Kier molecular flexibility index (Phi) is 9.54. The summed E-state index contributed by atoms with van der Waals surface area (Å²) in [7, 11) is 0. The molecule has 1 N–H and O–H groups in total. The molecule has 6 atom stereocenters. The summed E-state index contributed by atoms with van der Waals surface area (Å²) >= 11 is 0. The van der Waals surface area contributed by atoms with Gasteiger partial charge < -0.3 is 24.7 Å². The van der Waals surface area contributed by atoms with Crippen molar-refractivity contribution in [2.24, 2.45) is 5.92 Å². The summed E-state index contributed by atoms with van der Waals surface area (Å²) in [5.41, 5.74) is 11.1. The number of nitrogens with one attached hydrogen (secondary N) is 1. The third-order valence-electron chi connectivity index (χ3n) is 14.8. The van der Waals surface area contributed by atoms with Crippen LogP contribution in [0.4, 0.5) is 17.1 Å². The van der Waals surface area contributed by atoms with Gasteiger partial charge in [0.1, 0.15) is 23.7 Å². The molecule has 6 heteroatoms. The Morgan fingerprint density at radius 1 is 0.697 bits per heavy atom. The molecule has 0 saturated heterocycles.